The van der Waals surface area contributed by atoms with Gasteiger partial charge < -0.3 is 15.5 Å². The maximum absolute atomic E-state index is 12.0. The van der Waals surface area contributed by atoms with Crippen LogP contribution in [0.5, 0.6) is 11.5 Å². The zero-order valence-corrected chi connectivity index (χ0v) is 13.4. The predicted octanol–water partition coefficient (Wildman–Crippen LogP) is 2.48. The molecule has 0 aliphatic rings. The summed E-state index contributed by atoms with van der Waals surface area (Å²) in [6, 6.07) is 2.72. The van der Waals surface area contributed by atoms with Crippen LogP contribution < -0.4 is 11.2 Å². The Morgan fingerprint density at radius 1 is 1.13 bits per heavy atom. The number of hydrogen-bond donors (Lipinski definition) is 4. The van der Waals surface area contributed by atoms with E-state index in [-0.39, 0.29) is 11.3 Å². The van der Waals surface area contributed by atoms with Gasteiger partial charge >= 0.3 is 6.03 Å². The molecular weight excluding hydrogens is 298 g/mol. The second kappa shape index (κ2) is 9.68. The lowest BCUT2D eigenvalue weighted by atomic mass is 10.1. The van der Waals surface area contributed by atoms with Crippen molar-refractivity contribution in [3.8, 4) is 11.5 Å². The van der Waals surface area contributed by atoms with Crippen LogP contribution in [-0.2, 0) is 0 Å². The van der Waals surface area contributed by atoms with Gasteiger partial charge in [0.15, 0.2) is 0 Å². The average Bonchev–Trinajstić information content (AvgIpc) is 2.52. The molecular formula is C16H25N3O4. The van der Waals surface area contributed by atoms with E-state index < -0.39 is 17.7 Å². The van der Waals surface area contributed by atoms with E-state index in [1.165, 1.54) is 31.4 Å². The van der Waals surface area contributed by atoms with Crippen molar-refractivity contribution in [2.24, 2.45) is 5.84 Å². The highest BCUT2D eigenvalue weighted by molar-refractivity contribution is 6.05. The largest absolute Gasteiger partial charge is 0.508 e. The smallest absolute Gasteiger partial charge is 0.338 e. The number of carbonyl (C=O) groups is 2. The Balaban J connectivity index is 2.39. The molecule has 3 amide bonds. The van der Waals surface area contributed by atoms with Crippen molar-refractivity contribution >= 4 is 11.9 Å². The van der Waals surface area contributed by atoms with Gasteiger partial charge in [0, 0.05) is 12.6 Å². The maximum atomic E-state index is 12.0. The fourth-order valence-corrected chi connectivity index (χ4v) is 2.11. The number of urea groups is 1. The van der Waals surface area contributed by atoms with Gasteiger partial charge in [-0.2, -0.15) is 5.01 Å². The SMILES string of the molecule is CCCCCCCCNC(=O)N(N)C(=O)c1ccc(O)cc1O. The number of carbonyl (C=O) groups excluding carboxylic acids is 2. The van der Waals surface area contributed by atoms with Crippen LogP contribution in [0.25, 0.3) is 0 Å². The molecule has 128 valence electrons. The topological polar surface area (TPSA) is 116 Å². The van der Waals surface area contributed by atoms with E-state index in [2.05, 4.69) is 12.2 Å². The molecule has 0 spiro atoms. The molecule has 0 bridgehead atoms. The Hall–Kier alpha value is -2.28. The Bertz CT molecular complexity index is 534. The average molecular weight is 323 g/mol. The van der Waals surface area contributed by atoms with Gasteiger partial charge in [-0.05, 0) is 18.6 Å². The highest BCUT2D eigenvalue weighted by Gasteiger charge is 2.22. The van der Waals surface area contributed by atoms with Gasteiger partial charge in [0.25, 0.3) is 5.91 Å². The van der Waals surface area contributed by atoms with E-state index in [1.807, 2.05) is 0 Å². The molecule has 0 aliphatic heterocycles. The van der Waals surface area contributed by atoms with Crippen LogP contribution in [-0.4, -0.2) is 33.7 Å². The monoisotopic (exact) mass is 323 g/mol. The van der Waals surface area contributed by atoms with Crippen molar-refractivity contribution in [2.75, 3.05) is 6.54 Å². The lowest BCUT2D eigenvalue weighted by Crippen LogP contribution is -2.48. The minimum Gasteiger partial charge on any atom is -0.508 e. The first-order valence-electron chi connectivity index (χ1n) is 7.86. The molecule has 7 heteroatoms. The number of unbranched alkanes of at least 4 members (excludes halogenated alkanes) is 5. The maximum Gasteiger partial charge on any atom is 0.338 e. The van der Waals surface area contributed by atoms with Crippen molar-refractivity contribution in [2.45, 2.75) is 45.4 Å². The summed E-state index contributed by atoms with van der Waals surface area (Å²) in [5, 5.41) is 21.8. The van der Waals surface area contributed by atoms with Crippen LogP contribution in [0.2, 0.25) is 0 Å². The summed E-state index contributed by atoms with van der Waals surface area (Å²) in [5.74, 6) is 4.01. The second-order valence-corrected chi connectivity index (χ2v) is 5.38. The van der Waals surface area contributed by atoms with Crippen molar-refractivity contribution in [1.82, 2.24) is 10.3 Å². The third-order valence-corrected chi connectivity index (χ3v) is 3.46. The fourth-order valence-electron chi connectivity index (χ4n) is 2.11. The third-order valence-electron chi connectivity index (χ3n) is 3.46. The predicted molar refractivity (Wildman–Crippen MR) is 86.9 cm³/mol. The van der Waals surface area contributed by atoms with Crippen molar-refractivity contribution in [1.29, 1.82) is 0 Å². The van der Waals surface area contributed by atoms with Crippen molar-refractivity contribution in [3.05, 3.63) is 23.8 Å². The molecule has 0 fully saturated rings. The van der Waals surface area contributed by atoms with Gasteiger partial charge in [-0.3, -0.25) is 4.79 Å². The zero-order chi connectivity index (χ0) is 17.2. The van der Waals surface area contributed by atoms with Crippen LogP contribution in [0.4, 0.5) is 4.79 Å². The van der Waals surface area contributed by atoms with E-state index in [0.29, 0.717) is 11.6 Å². The van der Waals surface area contributed by atoms with Crippen molar-refractivity contribution in [3.63, 3.8) is 0 Å². The molecule has 0 aliphatic carbocycles. The minimum atomic E-state index is -0.844. The number of nitrogens with two attached hydrogens (primary N) is 1. The van der Waals surface area contributed by atoms with E-state index in [9.17, 15) is 19.8 Å². The molecule has 23 heavy (non-hydrogen) atoms. The summed E-state index contributed by atoms with van der Waals surface area (Å²) < 4.78 is 0. The quantitative estimate of drug-likeness (QED) is 0.254. The summed E-state index contributed by atoms with van der Waals surface area (Å²) in [4.78, 5) is 23.8. The number of nitrogens with zero attached hydrogens (tertiary/aromatic N) is 1. The van der Waals surface area contributed by atoms with E-state index in [1.54, 1.807) is 0 Å². The molecule has 0 atom stereocenters. The molecule has 0 aromatic heterocycles. The van der Waals surface area contributed by atoms with Crippen LogP contribution in [0.3, 0.4) is 0 Å². The first-order chi connectivity index (χ1) is 11.0. The number of amides is 3. The highest BCUT2D eigenvalue weighted by Crippen LogP contribution is 2.23. The number of rotatable bonds is 8. The van der Waals surface area contributed by atoms with Gasteiger partial charge in [-0.25, -0.2) is 10.6 Å². The third kappa shape index (κ3) is 6.15. The first-order valence-corrected chi connectivity index (χ1v) is 7.86. The molecule has 0 radical (unpaired) electrons. The van der Waals surface area contributed by atoms with E-state index in [4.69, 9.17) is 5.84 Å². The number of imide groups is 1. The number of aromatic hydroxyl groups is 2. The number of phenols is 2. The number of benzene rings is 1. The van der Waals surface area contributed by atoms with Crippen LogP contribution in [0.1, 0.15) is 55.8 Å². The lowest BCUT2D eigenvalue weighted by molar-refractivity contribution is 0.0797. The van der Waals surface area contributed by atoms with Crippen LogP contribution >= 0.6 is 0 Å². The van der Waals surface area contributed by atoms with Gasteiger partial charge in [0.2, 0.25) is 0 Å². The van der Waals surface area contributed by atoms with Gasteiger partial charge in [0.05, 0.1) is 5.56 Å². The molecule has 0 heterocycles. The molecule has 0 unspecified atom stereocenters. The van der Waals surface area contributed by atoms with Crippen LogP contribution in [0, 0.1) is 0 Å². The number of hydrazine groups is 1. The van der Waals surface area contributed by atoms with Crippen LogP contribution in [0.15, 0.2) is 18.2 Å². The molecule has 0 saturated carbocycles. The Morgan fingerprint density at radius 3 is 2.43 bits per heavy atom. The minimum absolute atomic E-state index is 0.153. The zero-order valence-electron chi connectivity index (χ0n) is 13.4. The van der Waals surface area contributed by atoms with E-state index >= 15 is 0 Å². The number of nitrogens with one attached hydrogen (secondary N) is 1. The van der Waals surface area contributed by atoms with Gasteiger partial charge in [0.1, 0.15) is 11.5 Å². The number of phenolic OH excluding ortho intramolecular Hbond substituents is 2. The summed E-state index contributed by atoms with van der Waals surface area (Å²) in [5.41, 5.74) is -0.153. The molecule has 1 rings (SSSR count). The van der Waals surface area contributed by atoms with E-state index in [0.717, 1.165) is 25.3 Å². The lowest BCUT2D eigenvalue weighted by Gasteiger charge is -2.16. The molecule has 1 aromatic rings. The summed E-state index contributed by atoms with van der Waals surface area (Å²) >= 11 is 0. The summed E-state index contributed by atoms with van der Waals surface area (Å²) in [7, 11) is 0. The van der Waals surface area contributed by atoms with Crippen molar-refractivity contribution < 1.29 is 19.8 Å². The second-order valence-electron chi connectivity index (χ2n) is 5.38. The fraction of sp³-hybridized carbons (Fsp3) is 0.500. The summed E-state index contributed by atoms with van der Waals surface area (Å²) in [6.07, 6.45) is 6.54. The molecule has 5 N–H and O–H groups in total. The normalized spacial score (nSPS) is 10.3. The highest BCUT2D eigenvalue weighted by atomic mass is 16.3. The molecule has 0 saturated heterocycles. The molecule has 7 nitrogen and oxygen atoms in total. The summed E-state index contributed by atoms with van der Waals surface area (Å²) in [6.45, 7) is 2.59. The molecule has 1 aromatic carbocycles. The Labute approximate surface area is 136 Å². The van der Waals surface area contributed by atoms with Gasteiger partial charge in [-0.1, -0.05) is 39.0 Å². The Kier molecular flexibility index (Phi) is 7.90. The Morgan fingerprint density at radius 2 is 1.78 bits per heavy atom. The van der Waals surface area contributed by atoms with Gasteiger partial charge in [-0.15, -0.1) is 0 Å². The number of hydrogen-bond acceptors (Lipinski definition) is 5. The standard InChI is InChI=1S/C16H25N3O4/c1-2-3-4-5-6-7-10-18-16(23)19(17)15(22)13-9-8-12(20)11-14(13)21/h8-9,11,20-21H,2-7,10,17H2,1H3,(H,18,23). The first kappa shape index (κ1) is 18.8.